The molecular weight excluding hydrogens is 221 g/mol. The average Bonchev–Trinajstić information content (AvgIpc) is 2.01. The second kappa shape index (κ2) is 4.06. The highest BCUT2D eigenvalue weighted by atomic mass is 35.5. The Morgan fingerprint density at radius 2 is 2.00 bits per heavy atom. The third-order valence-electron chi connectivity index (χ3n) is 1.43. The zero-order valence-electron chi connectivity index (χ0n) is 6.81. The number of aliphatic hydroxyl groups excluding tert-OH is 1. The summed E-state index contributed by atoms with van der Waals surface area (Å²) in [5.41, 5.74) is 0.348. The highest BCUT2D eigenvalue weighted by Gasteiger charge is 2.31. The topological polar surface area (TPSA) is 29.5 Å². The number of hydrogen-bond donors (Lipinski definition) is 1. The Labute approximate surface area is 82.9 Å². The van der Waals surface area contributed by atoms with Gasteiger partial charge >= 0.3 is 6.36 Å². The van der Waals surface area contributed by atoms with Crippen molar-refractivity contribution in [3.63, 3.8) is 0 Å². The van der Waals surface area contributed by atoms with Crippen molar-refractivity contribution in [3.8, 4) is 5.75 Å². The molecule has 1 aromatic carbocycles. The molecule has 78 valence electrons. The van der Waals surface area contributed by atoms with Gasteiger partial charge in [-0.1, -0.05) is 17.7 Å². The van der Waals surface area contributed by atoms with Gasteiger partial charge in [0.1, 0.15) is 5.75 Å². The van der Waals surface area contributed by atoms with Gasteiger partial charge in [-0.2, -0.15) is 0 Å². The van der Waals surface area contributed by atoms with Crippen LogP contribution in [-0.4, -0.2) is 11.5 Å². The summed E-state index contributed by atoms with van der Waals surface area (Å²) in [5.74, 6) is -0.403. The molecule has 2 nitrogen and oxygen atoms in total. The van der Waals surface area contributed by atoms with Crippen LogP contribution < -0.4 is 4.74 Å². The molecule has 0 atom stereocenters. The van der Waals surface area contributed by atoms with Crippen LogP contribution in [0.15, 0.2) is 18.2 Å². The molecule has 0 heterocycles. The van der Waals surface area contributed by atoms with Crippen LogP contribution in [-0.2, 0) is 6.61 Å². The van der Waals surface area contributed by atoms with Crippen LogP contribution in [0.2, 0.25) is 5.02 Å². The van der Waals surface area contributed by atoms with Crippen LogP contribution >= 0.6 is 11.6 Å². The molecule has 0 aliphatic carbocycles. The van der Waals surface area contributed by atoms with Crippen molar-refractivity contribution in [1.82, 2.24) is 0 Å². The van der Waals surface area contributed by atoms with Crippen molar-refractivity contribution in [2.24, 2.45) is 0 Å². The molecule has 0 saturated heterocycles. The first-order valence-corrected chi connectivity index (χ1v) is 3.95. The number of halogens is 4. The van der Waals surface area contributed by atoms with Gasteiger partial charge in [0.2, 0.25) is 0 Å². The Morgan fingerprint density at radius 1 is 1.36 bits per heavy atom. The lowest BCUT2D eigenvalue weighted by Crippen LogP contribution is -2.17. The lowest BCUT2D eigenvalue weighted by molar-refractivity contribution is -0.274. The number of hydrogen-bond acceptors (Lipinski definition) is 2. The van der Waals surface area contributed by atoms with E-state index in [1.807, 2.05) is 0 Å². The van der Waals surface area contributed by atoms with E-state index in [0.717, 1.165) is 12.1 Å². The Hall–Kier alpha value is -0.940. The predicted octanol–water partition coefficient (Wildman–Crippen LogP) is 2.73. The molecule has 0 saturated carbocycles. The van der Waals surface area contributed by atoms with Crippen molar-refractivity contribution in [2.75, 3.05) is 0 Å². The molecule has 1 rings (SSSR count). The summed E-state index contributed by atoms with van der Waals surface area (Å²) in [6.07, 6.45) is -4.73. The third-order valence-corrected chi connectivity index (χ3v) is 1.78. The molecule has 1 aromatic rings. The van der Waals surface area contributed by atoms with Gasteiger partial charge in [0.25, 0.3) is 0 Å². The summed E-state index contributed by atoms with van der Waals surface area (Å²) >= 11 is 5.55. The Balaban J connectivity index is 2.87. The van der Waals surface area contributed by atoms with Crippen molar-refractivity contribution in [2.45, 2.75) is 13.0 Å². The van der Waals surface area contributed by atoms with E-state index in [0.29, 0.717) is 5.56 Å². The first-order valence-electron chi connectivity index (χ1n) is 3.57. The summed E-state index contributed by atoms with van der Waals surface area (Å²) in [6.45, 7) is -0.328. The first kappa shape index (κ1) is 11.1. The molecule has 0 aromatic heterocycles. The Bertz CT molecular complexity index is 325. The van der Waals surface area contributed by atoms with Gasteiger partial charge in [-0.3, -0.25) is 0 Å². The van der Waals surface area contributed by atoms with E-state index < -0.39 is 12.1 Å². The van der Waals surface area contributed by atoms with E-state index in [4.69, 9.17) is 16.7 Å². The second-order valence-electron chi connectivity index (χ2n) is 2.46. The van der Waals surface area contributed by atoms with Gasteiger partial charge in [0.05, 0.1) is 6.61 Å². The van der Waals surface area contributed by atoms with E-state index in [1.54, 1.807) is 0 Å². The molecule has 1 N–H and O–H groups in total. The first-order chi connectivity index (χ1) is 6.42. The molecule has 0 bridgehead atoms. The normalized spacial score (nSPS) is 11.5. The second-order valence-corrected chi connectivity index (χ2v) is 2.87. The molecule has 0 unspecified atom stereocenters. The summed E-state index contributed by atoms with van der Waals surface area (Å²) in [4.78, 5) is 0. The molecule has 6 heteroatoms. The minimum Gasteiger partial charge on any atom is -0.406 e. The van der Waals surface area contributed by atoms with Gasteiger partial charge in [0.15, 0.2) is 0 Å². The van der Waals surface area contributed by atoms with Gasteiger partial charge in [-0.05, 0) is 17.7 Å². The number of alkyl halides is 3. The molecule has 0 aliphatic rings. The van der Waals surface area contributed by atoms with E-state index in [1.165, 1.54) is 6.07 Å². The minimum atomic E-state index is -4.73. The molecular formula is C8H6ClF3O2. The Kier molecular flexibility index (Phi) is 3.23. The predicted molar refractivity (Wildman–Crippen MR) is 44.1 cm³/mol. The fraction of sp³-hybridized carbons (Fsp3) is 0.250. The zero-order valence-corrected chi connectivity index (χ0v) is 7.56. The number of benzene rings is 1. The van der Waals surface area contributed by atoms with Crippen LogP contribution in [0.4, 0.5) is 13.2 Å². The lowest BCUT2D eigenvalue weighted by atomic mass is 10.2. The summed E-state index contributed by atoms with van der Waals surface area (Å²) in [6, 6.07) is 3.36. The minimum absolute atomic E-state index is 0.0363. The SMILES string of the molecule is OCc1ccc(OC(F)(F)F)cc1Cl. The van der Waals surface area contributed by atoms with Gasteiger partial charge in [-0.15, -0.1) is 13.2 Å². The highest BCUT2D eigenvalue weighted by Crippen LogP contribution is 2.27. The average molecular weight is 227 g/mol. The van der Waals surface area contributed by atoms with E-state index in [2.05, 4.69) is 4.74 Å². The van der Waals surface area contributed by atoms with Gasteiger partial charge < -0.3 is 9.84 Å². The van der Waals surface area contributed by atoms with Crippen molar-refractivity contribution >= 4 is 11.6 Å². The van der Waals surface area contributed by atoms with E-state index in [-0.39, 0.29) is 11.6 Å². The Morgan fingerprint density at radius 3 is 2.43 bits per heavy atom. The number of rotatable bonds is 2. The van der Waals surface area contributed by atoms with Crippen LogP contribution in [0.1, 0.15) is 5.56 Å². The van der Waals surface area contributed by atoms with Crippen LogP contribution in [0.5, 0.6) is 5.75 Å². The van der Waals surface area contributed by atoms with Crippen molar-refractivity contribution in [1.29, 1.82) is 0 Å². The van der Waals surface area contributed by atoms with Crippen LogP contribution in [0.25, 0.3) is 0 Å². The number of ether oxygens (including phenoxy) is 1. The third kappa shape index (κ3) is 3.08. The summed E-state index contributed by atoms with van der Waals surface area (Å²) in [7, 11) is 0. The lowest BCUT2D eigenvalue weighted by Gasteiger charge is -2.09. The van der Waals surface area contributed by atoms with Crippen molar-refractivity contribution in [3.05, 3.63) is 28.8 Å². The molecule has 0 amide bonds. The molecule has 0 aliphatic heterocycles. The zero-order chi connectivity index (χ0) is 10.8. The fourth-order valence-corrected chi connectivity index (χ4v) is 1.08. The standard InChI is InChI=1S/C8H6ClF3O2/c9-7-3-6(14-8(10,11)12)2-1-5(7)4-13/h1-3,13H,4H2. The molecule has 0 radical (unpaired) electrons. The molecule has 14 heavy (non-hydrogen) atoms. The quantitative estimate of drug-likeness (QED) is 0.840. The monoisotopic (exact) mass is 226 g/mol. The highest BCUT2D eigenvalue weighted by molar-refractivity contribution is 6.31. The van der Waals surface area contributed by atoms with Gasteiger partial charge in [0, 0.05) is 5.02 Å². The van der Waals surface area contributed by atoms with E-state index in [9.17, 15) is 13.2 Å². The van der Waals surface area contributed by atoms with Gasteiger partial charge in [-0.25, -0.2) is 0 Å². The van der Waals surface area contributed by atoms with Crippen LogP contribution in [0, 0.1) is 0 Å². The maximum atomic E-state index is 11.7. The fourth-order valence-electron chi connectivity index (χ4n) is 0.853. The summed E-state index contributed by atoms with van der Waals surface area (Å²) < 4.78 is 38.8. The summed E-state index contributed by atoms with van der Waals surface area (Å²) in [5, 5.41) is 8.73. The number of aliphatic hydroxyl groups is 1. The smallest absolute Gasteiger partial charge is 0.406 e. The molecule has 0 fully saturated rings. The largest absolute Gasteiger partial charge is 0.573 e. The van der Waals surface area contributed by atoms with E-state index >= 15 is 0 Å². The van der Waals surface area contributed by atoms with Crippen molar-refractivity contribution < 1.29 is 23.0 Å². The maximum absolute atomic E-state index is 11.7. The maximum Gasteiger partial charge on any atom is 0.573 e. The molecule has 0 spiro atoms. The van der Waals surface area contributed by atoms with Crippen LogP contribution in [0.3, 0.4) is 0 Å².